The van der Waals surface area contributed by atoms with Crippen LogP contribution in [0.3, 0.4) is 0 Å². The summed E-state index contributed by atoms with van der Waals surface area (Å²) in [6.45, 7) is 1.57. The van der Waals surface area contributed by atoms with Crippen molar-refractivity contribution in [3.05, 3.63) is 33.9 Å². The normalized spacial score (nSPS) is 17.9. The molecule has 0 spiro atoms. The number of hydrogen-bond acceptors (Lipinski definition) is 10. The Bertz CT molecular complexity index is 1390. The summed E-state index contributed by atoms with van der Waals surface area (Å²) in [6, 6.07) is 0.539. The van der Waals surface area contributed by atoms with E-state index in [-0.39, 0.29) is 55.3 Å². The van der Waals surface area contributed by atoms with Gasteiger partial charge in [-0.2, -0.15) is 0 Å². The van der Waals surface area contributed by atoms with Crippen LogP contribution >= 0.6 is 0 Å². The van der Waals surface area contributed by atoms with Gasteiger partial charge in [-0.25, -0.2) is 14.0 Å². The number of ether oxygens (including phenoxy) is 3. The van der Waals surface area contributed by atoms with Gasteiger partial charge in [0.05, 0.1) is 18.0 Å². The number of pyridine rings is 1. The summed E-state index contributed by atoms with van der Waals surface area (Å²) in [7, 11) is 1.35. The Kier molecular flexibility index (Phi) is 8.57. The predicted octanol–water partition coefficient (Wildman–Crippen LogP) is 1.67. The number of carboxylic acid groups (broad SMARTS) is 1. The largest absolute Gasteiger partial charge is 0.492 e. The van der Waals surface area contributed by atoms with Crippen molar-refractivity contribution in [2.45, 2.75) is 50.8 Å². The number of aliphatic hydroxyl groups excluding tert-OH is 1. The van der Waals surface area contributed by atoms with E-state index in [1.54, 1.807) is 16.4 Å². The Balaban J connectivity index is 1.51. The first-order valence-electron chi connectivity index (χ1n) is 12.7. The van der Waals surface area contributed by atoms with E-state index >= 15 is 4.39 Å². The van der Waals surface area contributed by atoms with E-state index in [2.05, 4.69) is 0 Å². The Morgan fingerprint density at radius 2 is 1.95 bits per heavy atom. The standard InChI is InChI=1S/C26H30FN3O10/c1-14-10-28(7-8-29(14)26(37)40-13-39-20(33)6-5-16(32)12-31)22-19(27)9-17-21(24(22)38-2)30(15-3-4-15)11-18(23(17)34)25(35)36/h9,11-12,14-16,32H,3-8,10,13H2,1-2H3,(H,35,36). The summed E-state index contributed by atoms with van der Waals surface area (Å²) in [5.41, 5.74) is -0.838. The first-order valence-corrected chi connectivity index (χ1v) is 12.7. The van der Waals surface area contributed by atoms with Gasteiger partial charge >= 0.3 is 18.0 Å². The van der Waals surface area contributed by atoms with Crippen LogP contribution in [-0.2, 0) is 19.1 Å². The van der Waals surface area contributed by atoms with Crippen molar-refractivity contribution in [2.75, 3.05) is 38.4 Å². The van der Waals surface area contributed by atoms with E-state index in [0.29, 0.717) is 11.8 Å². The SMILES string of the molecule is COc1c(N2CCN(C(=O)OCOC(=O)CCC(O)C=O)C(C)C2)c(F)cc2c(=O)c(C(=O)O)cn(C3CC3)c12. The number of esters is 1. The zero-order chi connectivity index (χ0) is 29.1. The minimum absolute atomic E-state index is 0.0388. The number of hydrogen-bond donors (Lipinski definition) is 2. The molecule has 14 heteroatoms. The van der Waals surface area contributed by atoms with Gasteiger partial charge in [-0.1, -0.05) is 0 Å². The zero-order valence-electron chi connectivity index (χ0n) is 22.0. The lowest BCUT2D eigenvalue weighted by Gasteiger charge is -2.40. The molecule has 1 aliphatic heterocycles. The number of carbonyl (C=O) groups is 4. The molecule has 2 heterocycles. The molecule has 1 saturated heterocycles. The quantitative estimate of drug-likeness (QED) is 0.245. The highest BCUT2D eigenvalue weighted by Crippen LogP contribution is 2.44. The molecule has 40 heavy (non-hydrogen) atoms. The summed E-state index contributed by atoms with van der Waals surface area (Å²) < 4.78 is 32.7. The minimum Gasteiger partial charge on any atom is -0.492 e. The van der Waals surface area contributed by atoms with Crippen molar-refractivity contribution in [1.29, 1.82) is 0 Å². The molecule has 0 radical (unpaired) electrons. The third kappa shape index (κ3) is 5.86. The maximum atomic E-state index is 15.6. The van der Waals surface area contributed by atoms with Crippen LogP contribution in [0.4, 0.5) is 14.9 Å². The van der Waals surface area contributed by atoms with Crippen molar-refractivity contribution in [2.24, 2.45) is 0 Å². The first-order chi connectivity index (χ1) is 19.1. The van der Waals surface area contributed by atoms with Crippen molar-refractivity contribution >= 4 is 40.9 Å². The minimum atomic E-state index is -1.40. The molecule has 4 rings (SSSR count). The van der Waals surface area contributed by atoms with Gasteiger partial charge in [0.15, 0.2) is 11.6 Å². The van der Waals surface area contributed by atoms with E-state index < -0.39 is 53.8 Å². The van der Waals surface area contributed by atoms with E-state index in [1.807, 2.05) is 0 Å². The number of aldehydes is 1. The molecule has 1 amide bonds. The number of fused-ring (bicyclic) bond motifs is 1. The Hall–Kier alpha value is -4.20. The van der Waals surface area contributed by atoms with E-state index in [9.17, 15) is 29.1 Å². The number of benzene rings is 1. The summed E-state index contributed by atoms with van der Waals surface area (Å²) in [5.74, 6) is -2.80. The van der Waals surface area contributed by atoms with Gasteiger partial charge in [-0.3, -0.25) is 9.59 Å². The molecule has 2 unspecified atom stereocenters. The molecular formula is C26H30FN3O10. The molecule has 216 valence electrons. The fourth-order valence-electron chi connectivity index (χ4n) is 4.79. The number of anilines is 1. The van der Waals surface area contributed by atoms with Crippen LogP contribution in [0.1, 0.15) is 49.0 Å². The monoisotopic (exact) mass is 563 g/mol. The van der Waals surface area contributed by atoms with Gasteiger partial charge in [0, 0.05) is 44.3 Å². The molecule has 2 aromatic rings. The fraction of sp³-hybridized carbons (Fsp3) is 0.500. The molecule has 1 aliphatic carbocycles. The van der Waals surface area contributed by atoms with Gasteiger partial charge in [0.25, 0.3) is 0 Å². The highest BCUT2D eigenvalue weighted by atomic mass is 19.1. The summed E-state index contributed by atoms with van der Waals surface area (Å²) in [4.78, 5) is 62.3. The third-order valence-electron chi connectivity index (χ3n) is 6.95. The molecule has 2 fully saturated rings. The number of carbonyl (C=O) groups excluding carboxylic acids is 3. The molecular weight excluding hydrogens is 533 g/mol. The summed E-state index contributed by atoms with van der Waals surface area (Å²) in [6.07, 6.45) is 0.780. The van der Waals surface area contributed by atoms with Crippen molar-refractivity contribution in [3.63, 3.8) is 0 Å². The topological polar surface area (TPSA) is 165 Å². The maximum Gasteiger partial charge on any atom is 0.413 e. The third-order valence-corrected chi connectivity index (χ3v) is 6.95. The number of methoxy groups -OCH3 is 1. The lowest BCUT2D eigenvalue weighted by molar-refractivity contribution is -0.153. The average molecular weight is 564 g/mol. The smallest absolute Gasteiger partial charge is 0.413 e. The number of rotatable bonds is 10. The highest BCUT2D eigenvalue weighted by Gasteiger charge is 2.34. The van der Waals surface area contributed by atoms with Crippen LogP contribution in [0, 0.1) is 5.82 Å². The second-order valence-electron chi connectivity index (χ2n) is 9.73. The van der Waals surface area contributed by atoms with Crippen LogP contribution in [0.15, 0.2) is 17.1 Å². The summed E-state index contributed by atoms with van der Waals surface area (Å²) >= 11 is 0. The number of aromatic carboxylic acids is 1. The lowest BCUT2D eigenvalue weighted by Crippen LogP contribution is -2.54. The first kappa shape index (κ1) is 28.8. The van der Waals surface area contributed by atoms with Crippen LogP contribution in [-0.4, -0.2) is 89.7 Å². The molecule has 2 N–H and O–H groups in total. The Morgan fingerprint density at radius 1 is 1.23 bits per heavy atom. The number of carboxylic acids is 1. The van der Waals surface area contributed by atoms with Crippen LogP contribution < -0.4 is 15.1 Å². The summed E-state index contributed by atoms with van der Waals surface area (Å²) in [5, 5.41) is 18.6. The number of amides is 1. The highest BCUT2D eigenvalue weighted by molar-refractivity contribution is 5.97. The van der Waals surface area contributed by atoms with Crippen LogP contribution in [0.5, 0.6) is 5.75 Å². The molecule has 0 bridgehead atoms. The van der Waals surface area contributed by atoms with Crippen molar-refractivity contribution in [3.8, 4) is 5.75 Å². The van der Waals surface area contributed by atoms with Crippen LogP contribution in [0.2, 0.25) is 0 Å². The van der Waals surface area contributed by atoms with Crippen molar-refractivity contribution < 1.29 is 48.0 Å². The molecule has 1 aromatic heterocycles. The van der Waals surface area contributed by atoms with Gasteiger partial charge in [0.1, 0.15) is 23.6 Å². The maximum absolute atomic E-state index is 15.6. The fourth-order valence-corrected chi connectivity index (χ4v) is 4.79. The molecule has 1 saturated carbocycles. The number of aliphatic hydroxyl groups is 1. The van der Waals surface area contributed by atoms with Gasteiger partial charge < -0.3 is 43.6 Å². The Morgan fingerprint density at radius 3 is 2.55 bits per heavy atom. The second-order valence-corrected chi connectivity index (χ2v) is 9.73. The average Bonchev–Trinajstić information content (AvgIpc) is 3.76. The molecule has 2 aliphatic rings. The predicted molar refractivity (Wildman–Crippen MR) is 137 cm³/mol. The number of nitrogens with zero attached hydrogens (tertiary/aromatic N) is 3. The molecule has 2 atom stereocenters. The lowest BCUT2D eigenvalue weighted by atomic mass is 10.1. The number of aromatic nitrogens is 1. The number of halogens is 1. The second kappa shape index (κ2) is 11.9. The molecule has 1 aromatic carbocycles. The van der Waals surface area contributed by atoms with E-state index in [0.717, 1.165) is 18.9 Å². The zero-order valence-corrected chi connectivity index (χ0v) is 22.0. The van der Waals surface area contributed by atoms with E-state index in [1.165, 1.54) is 18.2 Å². The van der Waals surface area contributed by atoms with E-state index in [4.69, 9.17) is 19.3 Å². The van der Waals surface area contributed by atoms with Crippen LogP contribution in [0.25, 0.3) is 10.9 Å². The van der Waals surface area contributed by atoms with Crippen molar-refractivity contribution in [1.82, 2.24) is 9.47 Å². The Labute approximate surface area is 227 Å². The molecule has 13 nitrogen and oxygen atoms in total. The van der Waals surface area contributed by atoms with Gasteiger partial charge in [0.2, 0.25) is 12.2 Å². The number of piperazine rings is 1. The van der Waals surface area contributed by atoms with Gasteiger partial charge in [-0.15, -0.1) is 0 Å². The van der Waals surface area contributed by atoms with Gasteiger partial charge in [-0.05, 0) is 32.3 Å².